The Bertz CT molecular complexity index is 885. The number of amides is 5. The molecule has 1 aromatic rings. The average Bonchev–Trinajstić information content (AvgIpc) is 2.81. The summed E-state index contributed by atoms with van der Waals surface area (Å²) >= 11 is 0. The molecule has 0 bridgehead atoms. The molecule has 0 fully saturated rings. The maximum Gasteiger partial charge on any atom is 0.237 e. The first-order valence-electron chi connectivity index (χ1n) is 11.6. The van der Waals surface area contributed by atoms with Crippen molar-refractivity contribution in [2.24, 2.45) is 5.73 Å². The molecular formula is C24H37Gd2N7O5-2. The number of hydrogen-bond donors (Lipinski definition) is 6. The normalized spacial score (nSPS) is 10.8. The molecule has 0 saturated carbocycles. The van der Waals surface area contributed by atoms with E-state index in [2.05, 4.69) is 40.4 Å². The van der Waals surface area contributed by atoms with Gasteiger partial charge in [0.1, 0.15) is 0 Å². The predicted molar refractivity (Wildman–Crippen MR) is 135 cm³/mol. The summed E-state index contributed by atoms with van der Waals surface area (Å²) in [6, 6.07) is 6.91. The van der Waals surface area contributed by atoms with Crippen molar-refractivity contribution >= 4 is 29.5 Å². The van der Waals surface area contributed by atoms with Crippen molar-refractivity contribution in [2.75, 3.05) is 39.8 Å². The Balaban J connectivity index is 0. The zero-order valence-electron chi connectivity index (χ0n) is 21.4. The second kappa shape index (κ2) is 22.7. The van der Waals surface area contributed by atoms with Gasteiger partial charge in [0.2, 0.25) is 17.7 Å². The van der Waals surface area contributed by atoms with E-state index in [9.17, 15) is 24.0 Å². The standard InChI is InChI=1S/C24H37N7O5.2Gd/c1-17(32)27-9-11-31(12-10-28-18(2)33)16-23(35)29-14-19-5-4-6-20(13-19)15-30-24(36)21(26-3)7-8-22(25)34;;/h4-6,13,21,26H,1-2,7-12,14-16H2,3H3,(H2,25,34)(H,27,32)(H,28,33)(H,29,35)(H,30,36);;/q-2;;/t21-;;/m0../s1. The van der Waals surface area contributed by atoms with E-state index in [1.165, 1.54) is 0 Å². The second-order valence-electron chi connectivity index (χ2n) is 8.14. The van der Waals surface area contributed by atoms with Crippen molar-refractivity contribution in [1.82, 2.24) is 31.5 Å². The van der Waals surface area contributed by atoms with Crippen LogP contribution in [0.5, 0.6) is 0 Å². The SMILES string of the molecule is [CH2-]C(=O)NCCN(CCNC([CH2-])=O)CC(=O)NCc1cccc(CNC(=O)[C@H](CCC(N)=O)NC)c1.[Gd].[Gd]. The number of hydrogen-bond acceptors (Lipinski definition) is 7. The van der Waals surface area contributed by atoms with Gasteiger partial charge in [-0.25, -0.2) is 0 Å². The van der Waals surface area contributed by atoms with Crippen molar-refractivity contribution in [1.29, 1.82) is 0 Å². The van der Waals surface area contributed by atoms with Crippen molar-refractivity contribution in [3.05, 3.63) is 49.2 Å². The molecule has 0 aromatic heterocycles. The van der Waals surface area contributed by atoms with Crippen LogP contribution in [0.4, 0.5) is 0 Å². The van der Waals surface area contributed by atoms with Crippen LogP contribution >= 0.6 is 0 Å². The zero-order chi connectivity index (χ0) is 26.9. The zero-order valence-corrected chi connectivity index (χ0v) is 26.0. The largest absolute Gasteiger partial charge is 0.380 e. The van der Waals surface area contributed by atoms with E-state index in [4.69, 9.17) is 5.73 Å². The Labute approximate surface area is 288 Å². The first-order valence-corrected chi connectivity index (χ1v) is 11.6. The van der Waals surface area contributed by atoms with Gasteiger partial charge in [-0.15, -0.1) is 0 Å². The predicted octanol–water partition coefficient (Wildman–Crippen LogP) is -2.02. The van der Waals surface area contributed by atoms with Crippen LogP contribution in [0.25, 0.3) is 0 Å². The van der Waals surface area contributed by atoms with Crippen molar-refractivity contribution in [3.63, 3.8) is 0 Å². The Morgan fingerprint density at radius 1 is 0.895 bits per heavy atom. The fourth-order valence-electron chi connectivity index (χ4n) is 3.29. The molecular weight excluding hydrogens is 781 g/mol. The summed E-state index contributed by atoms with van der Waals surface area (Å²) in [7, 11) is 1.64. The number of nitrogens with zero attached hydrogens (tertiary/aromatic N) is 1. The number of nitrogens with two attached hydrogens (primary N) is 1. The molecule has 7 N–H and O–H groups in total. The maximum absolute atomic E-state index is 12.5. The van der Waals surface area contributed by atoms with Gasteiger partial charge in [0.25, 0.3) is 0 Å². The van der Waals surface area contributed by atoms with Gasteiger partial charge in [-0.3, -0.25) is 19.3 Å². The fourth-order valence-corrected chi connectivity index (χ4v) is 3.29. The van der Waals surface area contributed by atoms with Crippen LogP contribution in [-0.2, 0) is 37.1 Å². The van der Waals surface area contributed by atoms with Crippen LogP contribution in [0.1, 0.15) is 24.0 Å². The van der Waals surface area contributed by atoms with E-state index in [-0.39, 0.29) is 111 Å². The Kier molecular flexibility index (Phi) is 23.3. The van der Waals surface area contributed by atoms with Crippen LogP contribution in [0.2, 0.25) is 0 Å². The molecule has 0 aliphatic carbocycles. The van der Waals surface area contributed by atoms with Gasteiger partial charge in [-0.05, 0) is 24.6 Å². The topological polar surface area (TPSA) is 175 Å². The third-order valence-electron chi connectivity index (χ3n) is 5.16. The molecule has 5 amide bonds. The molecule has 14 heteroatoms. The van der Waals surface area contributed by atoms with Crippen LogP contribution in [0.3, 0.4) is 0 Å². The summed E-state index contributed by atoms with van der Waals surface area (Å²) in [6.45, 7) is 8.60. The van der Waals surface area contributed by atoms with Crippen LogP contribution < -0.4 is 32.3 Å². The molecule has 0 radical (unpaired) electrons. The van der Waals surface area contributed by atoms with E-state index >= 15 is 0 Å². The number of carbonyl (C=O) groups is 5. The summed E-state index contributed by atoms with van der Waals surface area (Å²) in [5, 5.41) is 13.7. The van der Waals surface area contributed by atoms with Crippen LogP contribution in [-0.4, -0.2) is 80.2 Å². The monoisotopic (exact) mass is 819 g/mol. The third-order valence-corrected chi connectivity index (χ3v) is 5.16. The summed E-state index contributed by atoms with van der Waals surface area (Å²) in [6.07, 6.45) is 0.421. The van der Waals surface area contributed by atoms with Gasteiger partial charge in [-0.2, -0.15) is 0 Å². The molecule has 38 heavy (non-hydrogen) atoms. The van der Waals surface area contributed by atoms with Gasteiger partial charge < -0.3 is 55.8 Å². The summed E-state index contributed by atoms with van der Waals surface area (Å²) in [5.41, 5.74) is 6.86. The van der Waals surface area contributed by atoms with Gasteiger partial charge in [-0.1, -0.05) is 24.3 Å². The van der Waals surface area contributed by atoms with E-state index in [1.807, 2.05) is 24.3 Å². The molecule has 0 heterocycles. The first kappa shape index (κ1) is 39.0. The minimum atomic E-state index is -0.522. The maximum atomic E-state index is 12.5. The number of carbonyl (C=O) groups excluding carboxylic acids is 5. The third kappa shape index (κ3) is 19.0. The van der Waals surface area contributed by atoms with Crippen LogP contribution in [0.15, 0.2) is 24.3 Å². The molecule has 216 valence electrons. The molecule has 1 atom stereocenters. The molecule has 0 spiro atoms. The number of primary amides is 1. The molecule has 0 saturated heterocycles. The van der Waals surface area contributed by atoms with Crippen LogP contribution in [0, 0.1) is 93.7 Å². The average molecular weight is 818 g/mol. The quantitative estimate of drug-likeness (QED) is 0.0985. The number of benzene rings is 1. The summed E-state index contributed by atoms with van der Waals surface area (Å²) < 4.78 is 0. The smallest absolute Gasteiger partial charge is 0.237 e. The Morgan fingerprint density at radius 3 is 1.89 bits per heavy atom. The van der Waals surface area contributed by atoms with E-state index in [0.717, 1.165) is 11.1 Å². The van der Waals surface area contributed by atoms with Gasteiger partial charge in [0.15, 0.2) is 0 Å². The van der Waals surface area contributed by atoms with E-state index in [1.54, 1.807) is 11.9 Å². The molecule has 0 aliphatic heterocycles. The summed E-state index contributed by atoms with van der Waals surface area (Å²) in [4.78, 5) is 59.6. The number of nitrogens with one attached hydrogen (secondary N) is 5. The summed E-state index contributed by atoms with van der Waals surface area (Å²) in [5.74, 6) is -1.73. The Morgan fingerprint density at radius 2 is 1.42 bits per heavy atom. The van der Waals surface area contributed by atoms with Crippen molar-refractivity contribution in [2.45, 2.75) is 32.0 Å². The number of likely N-dealkylation sites (N-methyl/N-ethyl adjacent to an activating group) is 1. The van der Waals surface area contributed by atoms with E-state index in [0.29, 0.717) is 39.1 Å². The second-order valence-corrected chi connectivity index (χ2v) is 8.14. The first-order chi connectivity index (χ1) is 17.1. The minimum absolute atomic E-state index is 0. The van der Waals surface area contributed by atoms with Gasteiger partial charge in [0.05, 0.1) is 24.4 Å². The molecule has 12 nitrogen and oxygen atoms in total. The molecule has 1 aromatic carbocycles. The number of rotatable bonds is 17. The molecule has 0 aliphatic rings. The molecule has 1 rings (SSSR count). The van der Waals surface area contributed by atoms with E-state index < -0.39 is 23.8 Å². The minimum Gasteiger partial charge on any atom is -0.380 e. The van der Waals surface area contributed by atoms with Gasteiger partial charge in [0, 0.05) is 126 Å². The van der Waals surface area contributed by atoms with Crippen molar-refractivity contribution in [3.8, 4) is 0 Å². The van der Waals surface area contributed by atoms with Crippen molar-refractivity contribution < 1.29 is 104 Å². The molecule has 0 unspecified atom stereocenters. The Hall–Kier alpha value is -1.12. The fraction of sp³-hybridized carbons (Fsp3) is 0.458. The van der Waals surface area contributed by atoms with Gasteiger partial charge >= 0.3 is 0 Å².